The van der Waals surface area contributed by atoms with Crippen LogP contribution < -0.4 is 0 Å². The van der Waals surface area contributed by atoms with E-state index < -0.39 is 0 Å². The van der Waals surface area contributed by atoms with Crippen LogP contribution in [0.4, 0.5) is 0 Å². The minimum atomic E-state index is 1.13. The molecular weight excluding hydrogens is 158 g/mol. The first-order chi connectivity index (χ1) is 6.19. The van der Waals surface area contributed by atoms with Gasteiger partial charge in [-0.05, 0) is 31.4 Å². The van der Waals surface area contributed by atoms with Crippen molar-refractivity contribution in [3.8, 4) is 0 Å². The van der Waals surface area contributed by atoms with Gasteiger partial charge >= 0.3 is 0 Å². The zero-order valence-electron chi connectivity index (χ0n) is 8.93. The summed E-state index contributed by atoms with van der Waals surface area (Å²) < 4.78 is 0. The number of likely N-dealkylation sites (N-methyl/N-ethyl adjacent to an activating group) is 1. The Morgan fingerprint density at radius 2 is 2.31 bits per heavy atom. The van der Waals surface area contributed by atoms with Crippen LogP contribution in [0.5, 0.6) is 0 Å². The van der Waals surface area contributed by atoms with Gasteiger partial charge in [0.1, 0.15) is 0 Å². The van der Waals surface area contributed by atoms with Gasteiger partial charge in [0, 0.05) is 19.3 Å². The number of nitrogens with zero attached hydrogens (tertiary/aromatic N) is 1. The van der Waals surface area contributed by atoms with Crippen LogP contribution in [0.2, 0.25) is 0 Å². The highest BCUT2D eigenvalue weighted by Crippen LogP contribution is 2.24. The molecule has 0 spiro atoms. The monoisotopic (exact) mass is 177 g/mol. The fraction of sp³-hybridized carbons (Fsp3) is 0.500. The second-order valence-corrected chi connectivity index (χ2v) is 3.63. The van der Waals surface area contributed by atoms with E-state index in [1.807, 2.05) is 6.08 Å². The van der Waals surface area contributed by atoms with E-state index in [4.69, 9.17) is 0 Å². The van der Waals surface area contributed by atoms with Gasteiger partial charge in [-0.15, -0.1) is 0 Å². The lowest BCUT2D eigenvalue weighted by atomic mass is 10.1. The lowest BCUT2D eigenvalue weighted by molar-refractivity contribution is 0.471. The zero-order chi connectivity index (χ0) is 9.84. The molecule has 0 aliphatic carbocycles. The molecule has 0 bridgehead atoms. The van der Waals surface area contributed by atoms with Crippen molar-refractivity contribution in [3.05, 3.63) is 35.6 Å². The molecule has 1 heterocycles. The van der Waals surface area contributed by atoms with Gasteiger partial charge in [-0.3, -0.25) is 0 Å². The second-order valence-electron chi connectivity index (χ2n) is 3.63. The third-order valence-corrected chi connectivity index (χ3v) is 2.64. The first-order valence-corrected chi connectivity index (χ1v) is 4.93. The average Bonchev–Trinajstić information content (AvgIpc) is 2.48. The Labute approximate surface area is 81.4 Å². The van der Waals surface area contributed by atoms with Gasteiger partial charge in [0.15, 0.2) is 0 Å². The van der Waals surface area contributed by atoms with Crippen molar-refractivity contribution in [2.45, 2.75) is 26.7 Å². The summed E-state index contributed by atoms with van der Waals surface area (Å²) in [5.41, 5.74) is 4.17. The van der Waals surface area contributed by atoms with Gasteiger partial charge in [0.2, 0.25) is 0 Å². The van der Waals surface area contributed by atoms with Crippen LogP contribution in [0.15, 0.2) is 35.6 Å². The largest absolute Gasteiger partial charge is 0.374 e. The summed E-state index contributed by atoms with van der Waals surface area (Å²) >= 11 is 0. The quantitative estimate of drug-likeness (QED) is 0.640. The molecule has 13 heavy (non-hydrogen) atoms. The zero-order valence-corrected chi connectivity index (χ0v) is 8.93. The van der Waals surface area contributed by atoms with Crippen LogP contribution in [0, 0.1) is 0 Å². The number of allylic oxidation sites excluding steroid dienone is 3. The maximum Gasteiger partial charge on any atom is 0.0396 e. The molecule has 0 saturated carbocycles. The van der Waals surface area contributed by atoms with Gasteiger partial charge in [-0.25, -0.2) is 0 Å². The minimum absolute atomic E-state index is 1.13. The summed E-state index contributed by atoms with van der Waals surface area (Å²) in [7, 11) is 2.14. The molecule has 1 aliphatic heterocycles. The van der Waals surface area contributed by atoms with E-state index in [-0.39, 0.29) is 0 Å². The normalized spacial score (nSPS) is 18.4. The van der Waals surface area contributed by atoms with Gasteiger partial charge in [-0.1, -0.05) is 25.2 Å². The van der Waals surface area contributed by atoms with Gasteiger partial charge < -0.3 is 4.90 Å². The smallest absolute Gasteiger partial charge is 0.0396 e. The Bertz CT molecular complexity index is 258. The van der Waals surface area contributed by atoms with E-state index in [0.29, 0.717) is 0 Å². The van der Waals surface area contributed by atoms with Crippen molar-refractivity contribution < 1.29 is 0 Å². The van der Waals surface area contributed by atoms with Crippen molar-refractivity contribution in [2.75, 3.05) is 13.6 Å². The van der Waals surface area contributed by atoms with E-state index in [9.17, 15) is 0 Å². The number of rotatable bonds is 3. The van der Waals surface area contributed by atoms with Gasteiger partial charge in [0.05, 0.1) is 0 Å². The molecule has 0 radical (unpaired) electrons. The molecule has 0 aromatic carbocycles. The Kier molecular flexibility index (Phi) is 3.35. The highest BCUT2D eigenvalue weighted by atomic mass is 15.1. The van der Waals surface area contributed by atoms with Crippen molar-refractivity contribution in [3.63, 3.8) is 0 Å². The summed E-state index contributed by atoms with van der Waals surface area (Å²) in [6, 6.07) is 0. The van der Waals surface area contributed by atoms with Crippen LogP contribution >= 0.6 is 0 Å². The highest BCUT2D eigenvalue weighted by molar-refractivity contribution is 5.36. The highest BCUT2D eigenvalue weighted by Gasteiger charge is 2.14. The maximum atomic E-state index is 3.85. The fourth-order valence-corrected chi connectivity index (χ4v) is 1.53. The third kappa shape index (κ3) is 2.24. The summed E-state index contributed by atoms with van der Waals surface area (Å²) in [5, 5.41) is 0. The van der Waals surface area contributed by atoms with Crippen LogP contribution in [-0.4, -0.2) is 18.5 Å². The molecule has 1 aliphatic rings. The first kappa shape index (κ1) is 10.1. The molecule has 0 amide bonds. The minimum Gasteiger partial charge on any atom is -0.374 e. The molecule has 0 fully saturated rings. The average molecular weight is 177 g/mol. The van der Waals surface area contributed by atoms with Gasteiger partial charge in [0.25, 0.3) is 0 Å². The predicted octanol–water partition coefficient (Wildman–Crippen LogP) is 3.12. The van der Waals surface area contributed by atoms with E-state index >= 15 is 0 Å². The molecule has 1 heteroatoms. The molecule has 0 unspecified atom stereocenters. The molecule has 0 atom stereocenters. The molecule has 0 aromatic rings. The van der Waals surface area contributed by atoms with E-state index in [0.717, 1.165) is 19.4 Å². The van der Waals surface area contributed by atoms with Crippen LogP contribution in [0.25, 0.3) is 0 Å². The lowest BCUT2D eigenvalue weighted by Crippen LogP contribution is -2.11. The molecule has 1 rings (SSSR count). The van der Waals surface area contributed by atoms with Crippen LogP contribution in [0.3, 0.4) is 0 Å². The van der Waals surface area contributed by atoms with Gasteiger partial charge in [-0.2, -0.15) is 0 Å². The molecule has 72 valence electrons. The Balaban J connectivity index is 2.92. The molecule has 0 N–H and O–H groups in total. The topological polar surface area (TPSA) is 3.24 Å². The summed E-state index contributed by atoms with van der Waals surface area (Å²) in [6.07, 6.45) is 6.53. The van der Waals surface area contributed by atoms with Crippen LogP contribution in [0.1, 0.15) is 26.7 Å². The molecule has 0 saturated heterocycles. The SMILES string of the molecule is C=CC1=C(/C=C(/C)CC)N(C)CC1. The standard InChI is InChI=1S/C12H19N/c1-5-10(3)9-12-11(6-2)7-8-13(12)4/h6,9H,2,5,7-8H2,1,3-4H3/b10-9-. The number of hydrogen-bond acceptors (Lipinski definition) is 1. The summed E-state index contributed by atoms with van der Waals surface area (Å²) in [5.74, 6) is 0. The van der Waals surface area contributed by atoms with Crippen molar-refractivity contribution >= 4 is 0 Å². The molecule has 1 nitrogen and oxygen atoms in total. The third-order valence-electron chi connectivity index (χ3n) is 2.64. The fourth-order valence-electron chi connectivity index (χ4n) is 1.53. The Hall–Kier alpha value is -0.980. The predicted molar refractivity (Wildman–Crippen MR) is 58.5 cm³/mol. The Morgan fingerprint density at radius 1 is 1.62 bits per heavy atom. The van der Waals surface area contributed by atoms with E-state index in [2.05, 4.69) is 38.5 Å². The van der Waals surface area contributed by atoms with Crippen LogP contribution in [-0.2, 0) is 0 Å². The van der Waals surface area contributed by atoms with E-state index in [1.165, 1.54) is 16.8 Å². The Morgan fingerprint density at radius 3 is 2.85 bits per heavy atom. The summed E-state index contributed by atoms with van der Waals surface area (Å²) in [6.45, 7) is 9.35. The van der Waals surface area contributed by atoms with E-state index in [1.54, 1.807) is 0 Å². The van der Waals surface area contributed by atoms with Crippen molar-refractivity contribution in [2.24, 2.45) is 0 Å². The first-order valence-electron chi connectivity index (χ1n) is 4.93. The van der Waals surface area contributed by atoms with Crippen molar-refractivity contribution in [1.29, 1.82) is 0 Å². The number of hydrogen-bond donors (Lipinski definition) is 0. The molecular formula is C12H19N. The maximum absolute atomic E-state index is 3.85. The second kappa shape index (κ2) is 4.31. The lowest BCUT2D eigenvalue weighted by Gasteiger charge is -2.13. The molecule has 0 aromatic heterocycles. The summed E-state index contributed by atoms with van der Waals surface area (Å²) in [4.78, 5) is 2.30. The van der Waals surface area contributed by atoms with Crippen molar-refractivity contribution in [1.82, 2.24) is 4.90 Å².